The molecule has 1 aromatic carbocycles. The molecule has 1 saturated heterocycles. The standard InChI is InChI=1S/C21H34N4O2/c1-22-21(24-19-8-3-2-4-9-19)23-17-18-7-5-6-10-20(18)27-16-13-25-11-14-26-15-12-25/h5-7,10,19H,2-4,8-9,11-17H2,1H3,(H2,22,23,24). The molecule has 0 radical (unpaired) electrons. The van der Waals surface area contributed by atoms with Crippen molar-refractivity contribution >= 4 is 5.96 Å². The highest BCUT2D eigenvalue weighted by Crippen LogP contribution is 2.19. The van der Waals surface area contributed by atoms with E-state index in [0.29, 0.717) is 19.2 Å². The molecule has 0 atom stereocenters. The fraction of sp³-hybridized carbons (Fsp3) is 0.667. The van der Waals surface area contributed by atoms with E-state index in [2.05, 4.69) is 32.7 Å². The van der Waals surface area contributed by atoms with Gasteiger partial charge in [-0.05, 0) is 18.9 Å². The van der Waals surface area contributed by atoms with Crippen molar-refractivity contribution in [2.75, 3.05) is 46.5 Å². The van der Waals surface area contributed by atoms with Crippen LogP contribution in [0.1, 0.15) is 37.7 Å². The summed E-state index contributed by atoms with van der Waals surface area (Å²) in [6.07, 6.45) is 6.46. The molecule has 27 heavy (non-hydrogen) atoms. The number of morpholine rings is 1. The van der Waals surface area contributed by atoms with Gasteiger partial charge < -0.3 is 20.1 Å². The van der Waals surface area contributed by atoms with Crippen molar-refractivity contribution in [3.8, 4) is 5.75 Å². The van der Waals surface area contributed by atoms with Crippen LogP contribution in [0.15, 0.2) is 29.3 Å². The fourth-order valence-corrected chi connectivity index (χ4v) is 3.71. The summed E-state index contributed by atoms with van der Waals surface area (Å²) in [6, 6.07) is 8.80. The normalized spacial score (nSPS) is 19.7. The van der Waals surface area contributed by atoms with Crippen molar-refractivity contribution in [2.45, 2.75) is 44.7 Å². The third-order valence-corrected chi connectivity index (χ3v) is 5.36. The van der Waals surface area contributed by atoms with Crippen LogP contribution in [-0.2, 0) is 11.3 Å². The van der Waals surface area contributed by atoms with Crippen molar-refractivity contribution in [3.63, 3.8) is 0 Å². The van der Waals surface area contributed by atoms with Gasteiger partial charge in [0.25, 0.3) is 0 Å². The van der Waals surface area contributed by atoms with Crippen molar-refractivity contribution in [1.82, 2.24) is 15.5 Å². The van der Waals surface area contributed by atoms with Crippen molar-refractivity contribution in [2.24, 2.45) is 4.99 Å². The number of guanidine groups is 1. The molecule has 0 spiro atoms. The summed E-state index contributed by atoms with van der Waals surface area (Å²) in [4.78, 5) is 6.77. The molecule has 0 aromatic heterocycles. The summed E-state index contributed by atoms with van der Waals surface area (Å²) >= 11 is 0. The lowest BCUT2D eigenvalue weighted by molar-refractivity contribution is 0.0322. The zero-order chi connectivity index (χ0) is 18.7. The molecule has 3 rings (SSSR count). The Labute approximate surface area is 163 Å². The Balaban J connectivity index is 1.46. The van der Waals surface area contributed by atoms with E-state index in [1.807, 2.05) is 19.2 Å². The smallest absolute Gasteiger partial charge is 0.191 e. The third kappa shape index (κ3) is 6.70. The molecule has 6 heteroatoms. The van der Waals surface area contributed by atoms with E-state index in [1.165, 1.54) is 32.1 Å². The van der Waals surface area contributed by atoms with Crippen LogP contribution in [0.4, 0.5) is 0 Å². The molecule has 1 saturated carbocycles. The molecule has 2 N–H and O–H groups in total. The van der Waals surface area contributed by atoms with Crippen LogP contribution in [-0.4, -0.2) is 63.4 Å². The third-order valence-electron chi connectivity index (χ3n) is 5.36. The quantitative estimate of drug-likeness (QED) is 0.567. The van der Waals surface area contributed by atoms with Gasteiger partial charge in [-0.1, -0.05) is 37.5 Å². The Morgan fingerprint density at radius 1 is 1.19 bits per heavy atom. The average Bonchev–Trinajstić information content (AvgIpc) is 2.73. The van der Waals surface area contributed by atoms with Crippen LogP contribution in [0.2, 0.25) is 0 Å². The van der Waals surface area contributed by atoms with E-state index in [0.717, 1.165) is 50.1 Å². The SMILES string of the molecule is CN=C(NCc1ccccc1OCCN1CCOCC1)NC1CCCCC1. The van der Waals surface area contributed by atoms with Crippen LogP contribution in [0.5, 0.6) is 5.75 Å². The molecule has 150 valence electrons. The Kier molecular flexibility index (Phi) is 8.24. The highest BCUT2D eigenvalue weighted by Gasteiger charge is 2.15. The molecule has 0 amide bonds. The molecule has 0 bridgehead atoms. The number of hydrogen-bond acceptors (Lipinski definition) is 4. The zero-order valence-corrected chi connectivity index (χ0v) is 16.6. The van der Waals surface area contributed by atoms with Gasteiger partial charge in [0, 0.05) is 44.8 Å². The molecule has 2 fully saturated rings. The van der Waals surface area contributed by atoms with Gasteiger partial charge in [-0.15, -0.1) is 0 Å². The minimum absolute atomic E-state index is 0.546. The first-order valence-corrected chi connectivity index (χ1v) is 10.3. The number of nitrogens with one attached hydrogen (secondary N) is 2. The lowest BCUT2D eigenvalue weighted by Gasteiger charge is -2.26. The minimum atomic E-state index is 0.546. The maximum absolute atomic E-state index is 6.07. The molecular formula is C21H34N4O2. The number of nitrogens with zero attached hydrogens (tertiary/aromatic N) is 2. The first kappa shape index (κ1) is 20.0. The highest BCUT2D eigenvalue weighted by atomic mass is 16.5. The highest BCUT2D eigenvalue weighted by molar-refractivity contribution is 5.80. The number of benzene rings is 1. The van der Waals surface area contributed by atoms with Crippen LogP contribution < -0.4 is 15.4 Å². The largest absolute Gasteiger partial charge is 0.492 e. The van der Waals surface area contributed by atoms with E-state index in [1.54, 1.807) is 0 Å². The monoisotopic (exact) mass is 374 g/mol. The summed E-state index contributed by atoms with van der Waals surface area (Å²) in [7, 11) is 1.84. The van der Waals surface area contributed by atoms with Gasteiger partial charge in [-0.2, -0.15) is 0 Å². The van der Waals surface area contributed by atoms with Crippen LogP contribution in [0, 0.1) is 0 Å². The molecular weight excluding hydrogens is 340 g/mol. The fourth-order valence-electron chi connectivity index (χ4n) is 3.71. The Hall–Kier alpha value is -1.79. The Morgan fingerprint density at radius 2 is 1.96 bits per heavy atom. The lowest BCUT2D eigenvalue weighted by Crippen LogP contribution is -2.43. The molecule has 2 aliphatic rings. The number of ether oxygens (including phenoxy) is 2. The molecule has 1 heterocycles. The predicted molar refractivity (Wildman–Crippen MR) is 109 cm³/mol. The minimum Gasteiger partial charge on any atom is -0.492 e. The number of hydrogen-bond donors (Lipinski definition) is 2. The lowest BCUT2D eigenvalue weighted by atomic mass is 9.96. The van der Waals surface area contributed by atoms with Crippen molar-refractivity contribution in [1.29, 1.82) is 0 Å². The molecule has 6 nitrogen and oxygen atoms in total. The summed E-state index contributed by atoms with van der Waals surface area (Å²) in [5.74, 6) is 1.83. The van der Waals surface area contributed by atoms with Gasteiger partial charge >= 0.3 is 0 Å². The maximum atomic E-state index is 6.07. The predicted octanol–water partition coefficient (Wildman–Crippen LogP) is 2.40. The molecule has 1 aromatic rings. The first-order valence-electron chi connectivity index (χ1n) is 10.3. The van der Waals surface area contributed by atoms with E-state index in [9.17, 15) is 0 Å². The van der Waals surface area contributed by atoms with Crippen LogP contribution in [0.25, 0.3) is 0 Å². The van der Waals surface area contributed by atoms with Gasteiger partial charge in [-0.25, -0.2) is 0 Å². The Bertz CT molecular complexity index is 581. The first-order chi connectivity index (χ1) is 13.3. The summed E-state index contributed by atoms with van der Waals surface area (Å²) in [6.45, 7) is 5.99. The molecule has 1 aliphatic carbocycles. The average molecular weight is 375 g/mol. The van der Waals surface area contributed by atoms with E-state index < -0.39 is 0 Å². The second-order valence-corrected chi connectivity index (χ2v) is 7.32. The van der Waals surface area contributed by atoms with Gasteiger partial charge in [0.15, 0.2) is 5.96 Å². The van der Waals surface area contributed by atoms with Gasteiger partial charge in [0.1, 0.15) is 12.4 Å². The summed E-state index contributed by atoms with van der Waals surface area (Å²) in [5.41, 5.74) is 1.16. The van der Waals surface area contributed by atoms with Crippen molar-refractivity contribution < 1.29 is 9.47 Å². The zero-order valence-electron chi connectivity index (χ0n) is 16.6. The maximum Gasteiger partial charge on any atom is 0.191 e. The van der Waals surface area contributed by atoms with E-state index in [4.69, 9.17) is 9.47 Å². The van der Waals surface area contributed by atoms with E-state index in [-0.39, 0.29) is 0 Å². The van der Waals surface area contributed by atoms with Crippen LogP contribution in [0.3, 0.4) is 0 Å². The number of aliphatic imine (C=N–C) groups is 1. The van der Waals surface area contributed by atoms with Gasteiger partial charge in [0.2, 0.25) is 0 Å². The van der Waals surface area contributed by atoms with Crippen molar-refractivity contribution in [3.05, 3.63) is 29.8 Å². The molecule has 1 aliphatic heterocycles. The summed E-state index contributed by atoms with van der Waals surface area (Å²) < 4.78 is 11.5. The molecule has 0 unspecified atom stereocenters. The van der Waals surface area contributed by atoms with Gasteiger partial charge in [0.05, 0.1) is 13.2 Å². The van der Waals surface area contributed by atoms with Crippen LogP contribution >= 0.6 is 0 Å². The summed E-state index contributed by atoms with van der Waals surface area (Å²) in [5, 5.41) is 7.01. The Morgan fingerprint density at radius 3 is 2.74 bits per heavy atom. The second-order valence-electron chi connectivity index (χ2n) is 7.32. The second kappa shape index (κ2) is 11.1. The van der Waals surface area contributed by atoms with Gasteiger partial charge in [-0.3, -0.25) is 9.89 Å². The number of para-hydroxylation sites is 1. The topological polar surface area (TPSA) is 58.1 Å². The number of rotatable bonds is 7. The van der Waals surface area contributed by atoms with E-state index >= 15 is 0 Å².